The van der Waals surface area contributed by atoms with Crippen LogP contribution in [0.15, 0.2) is 12.3 Å². The molecule has 3 nitrogen and oxygen atoms in total. The van der Waals surface area contributed by atoms with Crippen molar-refractivity contribution in [2.24, 2.45) is 0 Å². The van der Waals surface area contributed by atoms with E-state index in [1.54, 1.807) is 0 Å². The van der Waals surface area contributed by atoms with Crippen molar-refractivity contribution in [1.82, 2.24) is 4.90 Å². The van der Waals surface area contributed by atoms with E-state index in [0.29, 0.717) is 6.42 Å². The maximum Gasteiger partial charge on any atom is 0.123 e. The summed E-state index contributed by atoms with van der Waals surface area (Å²) < 4.78 is 5.16. The molecule has 0 N–H and O–H groups in total. The van der Waals surface area contributed by atoms with Gasteiger partial charge < -0.3 is 14.4 Å². The van der Waals surface area contributed by atoms with E-state index in [1.807, 2.05) is 12.3 Å². The number of ether oxygens (including phenoxy) is 1. The van der Waals surface area contributed by atoms with E-state index in [0.717, 1.165) is 32.6 Å². The molecular formula is C8H13NO2. The number of hydrogen-bond donors (Lipinski definition) is 0. The van der Waals surface area contributed by atoms with Gasteiger partial charge in [0, 0.05) is 19.5 Å². The summed E-state index contributed by atoms with van der Waals surface area (Å²) in [6.45, 7) is 3.47. The van der Waals surface area contributed by atoms with Gasteiger partial charge in [-0.25, -0.2) is 0 Å². The van der Waals surface area contributed by atoms with E-state index in [-0.39, 0.29) is 0 Å². The molecule has 62 valence electrons. The molecule has 1 fully saturated rings. The first-order valence-electron chi connectivity index (χ1n) is 3.85. The predicted octanol–water partition coefficient (Wildman–Crippen LogP) is 0.421. The third kappa shape index (κ3) is 3.18. The molecule has 0 aromatic carbocycles. The standard InChI is InChI=1S/C8H13NO2/c10-6-2-1-3-9-4-7-11-8-5-9/h1,3,6H,2,4-5,7-8H2/b3-1+. The molecule has 0 aromatic heterocycles. The Kier molecular flexibility index (Phi) is 3.69. The summed E-state index contributed by atoms with van der Waals surface area (Å²) in [5.41, 5.74) is 0. The second-order valence-corrected chi connectivity index (χ2v) is 2.44. The molecule has 11 heavy (non-hydrogen) atoms. The van der Waals surface area contributed by atoms with Crippen LogP contribution in [0.1, 0.15) is 6.42 Å². The summed E-state index contributed by atoms with van der Waals surface area (Å²) in [4.78, 5) is 12.1. The molecule has 0 bridgehead atoms. The third-order valence-electron chi connectivity index (χ3n) is 1.59. The van der Waals surface area contributed by atoms with Gasteiger partial charge in [-0.15, -0.1) is 0 Å². The van der Waals surface area contributed by atoms with E-state index >= 15 is 0 Å². The predicted molar refractivity (Wildman–Crippen MR) is 42.2 cm³/mol. The normalized spacial score (nSPS) is 19.1. The van der Waals surface area contributed by atoms with Crippen LogP contribution in [0.3, 0.4) is 0 Å². The molecule has 0 atom stereocenters. The lowest BCUT2D eigenvalue weighted by atomic mass is 10.4. The van der Waals surface area contributed by atoms with Crippen molar-refractivity contribution < 1.29 is 9.53 Å². The second-order valence-electron chi connectivity index (χ2n) is 2.44. The van der Waals surface area contributed by atoms with Crippen molar-refractivity contribution in [1.29, 1.82) is 0 Å². The zero-order chi connectivity index (χ0) is 7.94. The van der Waals surface area contributed by atoms with Gasteiger partial charge in [-0.1, -0.05) is 6.08 Å². The monoisotopic (exact) mass is 155 g/mol. The summed E-state index contributed by atoms with van der Waals surface area (Å²) in [5, 5.41) is 0. The van der Waals surface area contributed by atoms with E-state index < -0.39 is 0 Å². The minimum absolute atomic E-state index is 0.511. The Morgan fingerprint density at radius 2 is 2.09 bits per heavy atom. The largest absolute Gasteiger partial charge is 0.378 e. The number of carbonyl (C=O) groups is 1. The molecule has 0 aliphatic carbocycles. The van der Waals surface area contributed by atoms with Crippen LogP contribution in [-0.2, 0) is 9.53 Å². The number of allylic oxidation sites excluding steroid dienone is 1. The summed E-state index contributed by atoms with van der Waals surface area (Å²) in [6, 6.07) is 0. The third-order valence-corrected chi connectivity index (χ3v) is 1.59. The van der Waals surface area contributed by atoms with Gasteiger partial charge in [0.2, 0.25) is 0 Å². The molecule has 1 heterocycles. The number of hydrogen-bond acceptors (Lipinski definition) is 3. The van der Waals surface area contributed by atoms with Crippen LogP contribution in [0.4, 0.5) is 0 Å². The molecule has 1 aliphatic rings. The molecule has 0 radical (unpaired) electrons. The minimum atomic E-state index is 0.511. The highest BCUT2D eigenvalue weighted by atomic mass is 16.5. The average Bonchev–Trinajstić information content (AvgIpc) is 2.07. The summed E-state index contributed by atoms with van der Waals surface area (Å²) in [6.07, 6.45) is 5.25. The number of morpholine rings is 1. The summed E-state index contributed by atoms with van der Waals surface area (Å²) >= 11 is 0. The second kappa shape index (κ2) is 4.91. The van der Waals surface area contributed by atoms with Crippen LogP contribution in [-0.4, -0.2) is 37.5 Å². The first-order chi connectivity index (χ1) is 5.43. The van der Waals surface area contributed by atoms with Crippen LogP contribution in [0.25, 0.3) is 0 Å². The highest BCUT2D eigenvalue weighted by molar-refractivity contribution is 5.51. The Morgan fingerprint density at radius 3 is 2.73 bits per heavy atom. The quantitative estimate of drug-likeness (QED) is 0.553. The van der Waals surface area contributed by atoms with Crippen molar-refractivity contribution >= 4 is 6.29 Å². The lowest BCUT2D eigenvalue weighted by Crippen LogP contribution is -2.31. The van der Waals surface area contributed by atoms with Gasteiger partial charge in [0.15, 0.2) is 0 Å². The van der Waals surface area contributed by atoms with Gasteiger partial charge >= 0.3 is 0 Å². The number of carbonyl (C=O) groups excluding carboxylic acids is 1. The maximum absolute atomic E-state index is 9.95. The van der Waals surface area contributed by atoms with Crippen LogP contribution in [0, 0.1) is 0 Å². The van der Waals surface area contributed by atoms with Gasteiger partial charge in [0.1, 0.15) is 6.29 Å². The Balaban J connectivity index is 2.18. The van der Waals surface area contributed by atoms with Crippen LogP contribution < -0.4 is 0 Å². The Bertz CT molecular complexity index is 139. The van der Waals surface area contributed by atoms with Crippen molar-refractivity contribution in [3.05, 3.63) is 12.3 Å². The molecule has 1 saturated heterocycles. The minimum Gasteiger partial charge on any atom is -0.378 e. The van der Waals surface area contributed by atoms with Gasteiger partial charge in [-0.3, -0.25) is 0 Å². The van der Waals surface area contributed by atoms with E-state index in [1.165, 1.54) is 0 Å². The van der Waals surface area contributed by atoms with Crippen LogP contribution >= 0.6 is 0 Å². The lowest BCUT2D eigenvalue weighted by molar-refractivity contribution is -0.107. The molecule has 0 aromatic rings. The SMILES string of the molecule is O=CC/C=C/N1CCOCC1. The van der Waals surface area contributed by atoms with Crippen LogP contribution in [0.5, 0.6) is 0 Å². The molecule has 1 rings (SSSR count). The first-order valence-corrected chi connectivity index (χ1v) is 3.85. The van der Waals surface area contributed by atoms with E-state index in [4.69, 9.17) is 4.74 Å². The van der Waals surface area contributed by atoms with Crippen molar-refractivity contribution in [2.75, 3.05) is 26.3 Å². The van der Waals surface area contributed by atoms with Gasteiger partial charge in [0.05, 0.1) is 13.2 Å². The van der Waals surface area contributed by atoms with Gasteiger partial charge in [0.25, 0.3) is 0 Å². The van der Waals surface area contributed by atoms with Crippen molar-refractivity contribution in [2.45, 2.75) is 6.42 Å². The smallest absolute Gasteiger partial charge is 0.123 e. The van der Waals surface area contributed by atoms with Crippen molar-refractivity contribution in [3.8, 4) is 0 Å². The first kappa shape index (κ1) is 8.27. The molecule has 0 saturated carbocycles. The Hall–Kier alpha value is -0.830. The average molecular weight is 155 g/mol. The lowest BCUT2D eigenvalue weighted by Gasteiger charge is -2.24. The molecule has 1 aliphatic heterocycles. The molecule has 0 amide bonds. The molecule has 0 spiro atoms. The fourth-order valence-corrected chi connectivity index (χ4v) is 0.992. The van der Waals surface area contributed by atoms with Gasteiger partial charge in [-0.05, 0) is 6.20 Å². The van der Waals surface area contributed by atoms with E-state index in [2.05, 4.69) is 4.90 Å². The number of aldehydes is 1. The highest BCUT2D eigenvalue weighted by Gasteiger charge is 2.04. The topological polar surface area (TPSA) is 29.5 Å². The Morgan fingerprint density at radius 1 is 1.36 bits per heavy atom. The molecule has 0 unspecified atom stereocenters. The van der Waals surface area contributed by atoms with Gasteiger partial charge in [-0.2, -0.15) is 0 Å². The Labute approximate surface area is 66.6 Å². The fraction of sp³-hybridized carbons (Fsp3) is 0.625. The zero-order valence-corrected chi connectivity index (χ0v) is 6.53. The number of rotatable bonds is 3. The maximum atomic E-state index is 9.95. The summed E-state index contributed by atoms with van der Waals surface area (Å²) in [5.74, 6) is 0. The number of nitrogens with zero attached hydrogens (tertiary/aromatic N) is 1. The fourth-order valence-electron chi connectivity index (χ4n) is 0.992. The van der Waals surface area contributed by atoms with Crippen molar-refractivity contribution in [3.63, 3.8) is 0 Å². The summed E-state index contributed by atoms with van der Waals surface area (Å²) in [7, 11) is 0. The highest BCUT2D eigenvalue weighted by Crippen LogP contribution is 1.97. The zero-order valence-electron chi connectivity index (χ0n) is 6.53. The molecule has 3 heteroatoms. The van der Waals surface area contributed by atoms with E-state index in [9.17, 15) is 4.79 Å². The molecular weight excluding hydrogens is 142 g/mol. The van der Waals surface area contributed by atoms with Crippen LogP contribution in [0.2, 0.25) is 0 Å².